The Morgan fingerprint density at radius 3 is 2.94 bits per heavy atom. The van der Waals surface area contributed by atoms with Gasteiger partial charge in [-0.05, 0) is 6.07 Å². The summed E-state index contributed by atoms with van der Waals surface area (Å²) < 4.78 is 0. The molecule has 0 aliphatic carbocycles. The number of rotatable bonds is 3. The maximum absolute atomic E-state index is 11.2. The number of benzene rings is 1. The van der Waals surface area contributed by atoms with Gasteiger partial charge in [-0.1, -0.05) is 45.7 Å². The van der Waals surface area contributed by atoms with Gasteiger partial charge < -0.3 is 5.32 Å². The van der Waals surface area contributed by atoms with Crippen LogP contribution in [0, 0.1) is 0 Å². The number of thiazole rings is 1. The zero-order chi connectivity index (χ0) is 12.3. The molecule has 3 nitrogen and oxygen atoms in total. The Labute approximate surface area is 116 Å². The largest absolute Gasteiger partial charge is 0.301 e. The van der Waals surface area contributed by atoms with Crippen molar-refractivity contribution in [2.45, 2.75) is 0 Å². The quantitative estimate of drug-likeness (QED) is 0.869. The second-order valence-electron chi connectivity index (χ2n) is 3.20. The van der Waals surface area contributed by atoms with Crippen molar-refractivity contribution >= 4 is 49.9 Å². The second kappa shape index (κ2) is 5.62. The average Bonchev–Trinajstić information content (AvgIpc) is 2.78. The number of aromatic nitrogens is 1. The molecule has 1 N–H and O–H groups in total. The number of hydrogen-bond acceptors (Lipinski definition) is 3. The molecule has 0 bridgehead atoms. The Morgan fingerprint density at radius 2 is 2.24 bits per heavy atom. The van der Waals surface area contributed by atoms with Crippen LogP contribution in [0.1, 0.15) is 0 Å². The fourth-order valence-corrected chi connectivity index (χ4v) is 2.38. The molecule has 0 saturated carbocycles. The predicted octanol–water partition coefficient (Wildman–Crippen LogP) is 3.80. The van der Waals surface area contributed by atoms with Crippen LogP contribution in [0.4, 0.5) is 5.13 Å². The third-order valence-corrected chi connectivity index (χ3v) is 3.62. The average molecular weight is 332 g/mol. The summed E-state index contributed by atoms with van der Waals surface area (Å²) in [5, 5.41) is 6.03. The van der Waals surface area contributed by atoms with Gasteiger partial charge in [-0.3, -0.25) is 4.79 Å². The number of nitrogens with zero attached hydrogens (tertiary/aromatic N) is 1. The Kier molecular flexibility index (Phi) is 4.15. The van der Waals surface area contributed by atoms with Gasteiger partial charge in [0.1, 0.15) is 0 Å². The van der Waals surface area contributed by atoms with Gasteiger partial charge in [-0.2, -0.15) is 0 Å². The van der Waals surface area contributed by atoms with E-state index in [2.05, 4.69) is 26.2 Å². The number of hydrogen-bond donors (Lipinski definition) is 1. The summed E-state index contributed by atoms with van der Waals surface area (Å²) in [7, 11) is 0. The van der Waals surface area contributed by atoms with Gasteiger partial charge in [0.15, 0.2) is 5.13 Å². The van der Waals surface area contributed by atoms with Crippen molar-refractivity contribution < 1.29 is 4.79 Å². The lowest BCUT2D eigenvalue weighted by Crippen LogP contribution is -2.11. The molecule has 1 amide bonds. The summed E-state index contributed by atoms with van der Waals surface area (Å²) in [5.74, 6) is -0.120. The molecule has 0 atom stereocenters. The normalized spacial score (nSPS) is 10.2. The van der Waals surface area contributed by atoms with E-state index in [9.17, 15) is 4.79 Å². The Hall–Kier alpha value is -0.910. The number of anilines is 1. The first-order chi connectivity index (χ1) is 8.20. The third-order valence-electron chi connectivity index (χ3n) is 2.02. The van der Waals surface area contributed by atoms with Crippen LogP contribution in [0.25, 0.3) is 11.3 Å². The van der Waals surface area contributed by atoms with Crippen LogP contribution in [0.3, 0.4) is 0 Å². The minimum atomic E-state index is -0.120. The number of halogens is 2. The molecular formula is C11H8BrClN2OS. The van der Waals surface area contributed by atoms with E-state index >= 15 is 0 Å². The van der Waals surface area contributed by atoms with Crippen LogP contribution in [0.2, 0.25) is 5.02 Å². The van der Waals surface area contributed by atoms with Gasteiger partial charge in [0.2, 0.25) is 5.91 Å². The maximum atomic E-state index is 11.2. The summed E-state index contributed by atoms with van der Waals surface area (Å²) in [4.78, 5) is 15.5. The first kappa shape index (κ1) is 12.5. The van der Waals surface area contributed by atoms with Crippen molar-refractivity contribution in [2.75, 3.05) is 10.6 Å². The van der Waals surface area contributed by atoms with Crippen molar-refractivity contribution in [1.82, 2.24) is 4.98 Å². The highest BCUT2D eigenvalue weighted by Crippen LogP contribution is 2.30. The fourth-order valence-electron chi connectivity index (χ4n) is 1.28. The lowest BCUT2D eigenvalue weighted by molar-refractivity contribution is -0.113. The minimum Gasteiger partial charge on any atom is -0.301 e. The highest BCUT2D eigenvalue weighted by Gasteiger charge is 2.09. The number of carbonyl (C=O) groups is 1. The number of carbonyl (C=O) groups excluding carboxylic acids is 1. The monoisotopic (exact) mass is 330 g/mol. The standard InChI is InChI=1S/C11H8BrClN2OS/c12-5-10(16)15-11-14-9(6-17-11)7-3-1-2-4-8(7)13/h1-4,6H,5H2,(H,14,15,16). The van der Waals surface area contributed by atoms with Crippen LogP contribution in [-0.2, 0) is 4.79 Å². The molecule has 0 aliphatic heterocycles. The van der Waals surface area contributed by atoms with Crippen LogP contribution >= 0.6 is 38.9 Å². The van der Waals surface area contributed by atoms with Crippen LogP contribution < -0.4 is 5.32 Å². The van der Waals surface area contributed by atoms with E-state index in [0.29, 0.717) is 10.2 Å². The Balaban J connectivity index is 2.24. The van der Waals surface area contributed by atoms with E-state index in [-0.39, 0.29) is 11.2 Å². The van der Waals surface area contributed by atoms with E-state index in [4.69, 9.17) is 11.6 Å². The van der Waals surface area contributed by atoms with Crippen molar-refractivity contribution in [3.05, 3.63) is 34.7 Å². The molecule has 2 rings (SSSR count). The lowest BCUT2D eigenvalue weighted by atomic mass is 10.2. The molecule has 17 heavy (non-hydrogen) atoms. The van der Waals surface area contributed by atoms with Crippen molar-refractivity contribution in [1.29, 1.82) is 0 Å². The molecule has 1 heterocycles. The lowest BCUT2D eigenvalue weighted by Gasteiger charge is -1.99. The summed E-state index contributed by atoms with van der Waals surface area (Å²) in [5.41, 5.74) is 1.63. The summed E-state index contributed by atoms with van der Waals surface area (Å²) >= 11 is 10.5. The SMILES string of the molecule is O=C(CBr)Nc1nc(-c2ccccc2Cl)cs1. The van der Waals surface area contributed by atoms with Gasteiger partial charge in [0.05, 0.1) is 11.0 Å². The molecule has 1 aromatic carbocycles. The Bertz CT molecular complexity index is 544. The molecular weight excluding hydrogens is 324 g/mol. The van der Waals surface area contributed by atoms with Gasteiger partial charge in [-0.15, -0.1) is 11.3 Å². The van der Waals surface area contributed by atoms with E-state index in [0.717, 1.165) is 11.3 Å². The zero-order valence-electron chi connectivity index (χ0n) is 8.61. The molecule has 6 heteroatoms. The van der Waals surface area contributed by atoms with Crippen molar-refractivity contribution in [3.8, 4) is 11.3 Å². The summed E-state index contributed by atoms with van der Waals surface area (Å²) in [6.07, 6.45) is 0. The topological polar surface area (TPSA) is 42.0 Å². The minimum absolute atomic E-state index is 0.120. The maximum Gasteiger partial charge on any atom is 0.236 e. The molecule has 0 spiro atoms. The smallest absolute Gasteiger partial charge is 0.236 e. The first-order valence-corrected chi connectivity index (χ1v) is 7.15. The summed E-state index contributed by atoms with van der Waals surface area (Å²) in [6.45, 7) is 0. The number of nitrogens with one attached hydrogen (secondary N) is 1. The van der Waals surface area contributed by atoms with Crippen LogP contribution in [0.15, 0.2) is 29.6 Å². The number of alkyl halides is 1. The molecule has 2 aromatic rings. The highest BCUT2D eigenvalue weighted by atomic mass is 79.9. The first-order valence-electron chi connectivity index (χ1n) is 4.77. The van der Waals surface area contributed by atoms with Gasteiger partial charge in [-0.25, -0.2) is 4.98 Å². The molecule has 0 fully saturated rings. The molecule has 0 radical (unpaired) electrons. The zero-order valence-corrected chi connectivity index (χ0v) is 11.8. The van der Waals surface area contributed by atoms with Crippen molar-refractivity contribution in [2.24, 2.45) is 0 Å². The van der Waals surface area contributed by atoms with Crippen LogP contribution in [-0.4, -0.2) is 16.2 Å². The van der Waals surface area contributed by atoms with Gasteiger partial charge in [0.25, 0.3) is 0 Å². The van der Waals surface area contributed by atoms with E-state index in [1.807, 2.05) is 29.6 Å². The fraction of sp³-hybridized carbons (Fsp3) is 0.0909. The Morgan fingerprint density at radius 1 is 1.47 bits per heavy atom. The second-order valence-corrected chi connectivity index (χ2v) is 5.03. The third kappa shape index (κ3) is 3.06. The van der Waals surface area contributed by atoms with Crippen molar-refractivity contribution in [3.63, 3.8) is 0 Å². The number of amides is 1. The van der Waals surface area contributed by atoms with E-state index in [1.54, 1.807) is 0 Å². The molecule has 88 valence electrons. The van der Waals surface area contributed by atoms with Gasteiger partial charge in [0, 0.05) is 16.0 Å². The highest BCUT2D eigenvalue weighted by molar-refractivity contribution is 9.09. The van der Waals surface area contributed by atoms with Gasteiger partial charge >= 0.3 is 0 Å². The summed E-state index contributed by atoms with van der Waals surface area (Å²) in [6, 6.07) is 7.48. The molecule has 0 unspecified atom stereocenters. The van der Waals surface area contributed by atoms with E-state index < -0.39 is 0 Å². The molecule has 1 aromatic heterocycles. The van der Waals surface area contributed by atoms with Crippen LogP contribution in [0.5, 0.6) is 0 Å². The molecule has 0 saturated heterocycles. The predicted molar refractivity (Wildman–Crippen MR) is 75.0 cm³/mol. The van der Waals surface area contributed by atoms with E-state index in [1.165, 1.54) is 11.3 Å². The molecule has 0 aliphatic rings.